The first-order valence-corrected chi connectivity index (χ1v) is 7.69. The number of amides is 1. The van der Waals surface area contributed by atoms with Crippen molar-refractivity contribution in [2.75, 3.05) is 25.0 Å². The summed E-state index contributed by atoms with van der Waals surface area (Å²) in [6.45, 7) is 13.0. The zero-order valence-corrected chi connectivity index (χ0v) is 13.8. The Bertz CT molecular complexity index is 438. The number of anilines is 1. The Labute approximate surface area is 128 Å². The van der Waals surface area contributed by atoms with Crippen LogP contribution in [0.15, 0.2) is 18.3 Å². The van der Waals surface area contributed by atoms with Gasteiger partial charge in [0.05, 0.1) is 0 Å². The fourth-order valence-corrected chi connectivity index (χ4v) is 2.37. The minimum Gasteiger partial charge on any atom is -0.385 e. The lowest BCUT2D eigenvalue weighted by atomic mass is 10.2. The van der Waals surface area contributed by atoms with Crippen molar-refractivity contribution >= 4 is 11.6 Å². The molecule has 1 rings (SSSR count). The van der Waals surface area contributed by atoms with Gasteiger partial charge < -0.3 is 10.6 Å². The summed E-state index contributed by atoms with van der Waals surface area (Å²) in [6.07, 6.45) is 1.65. The van der Waals surface area contributed by atoms with E-state index in [0.29, 0.717) is 24.3 Å². The quantitative estimate of drug-likeness (QED) is 0.772. The molecule has 0 saturated carbocycles. The normalized spacial score (nSPS) is 11.2. The minimum atomic E-state index is -0.123. The van der Waals surface area contributed by atoms with Gasteiger partial charge in [0.2, 0.25) is 0 Å². The second-order valence-electron chi connectivity index (χ2n) is 5.64. The number of aromatic nitrogens is 1. The first-order valence-electron chi connectivity index (χ1n) is 7.69. The van der Waals surface area contributed by atoms with E-state index >= 15 is 0 Å². The summed E-state index contributed by atoms with van der Waals surface area (Å²) in [5.41, 5.74) is 1.37. The van der Waals surface area contributed by atoms with E-state index in [4.69, 9.17) is 0 Å². The van der Waals surface area contributed by atoms with Crippen molar-refractivity contribution in [3.63, 3.8) is 0 Å². The monoisotopic (exact) mass is 292 g/mol. The Kier molecular flexibility index (Phi) is 7.15. The molecule has 0 fully saturated rings. The van der Waals surface area contributed by atoms with Crippen molar-refractivity contribution in [3.05, 3.63) is 24.0 Å². The van der Waals surface area contributed by atoms with E-state index < -0.39 is 0 Å². The van der Waals surface area contributed by atoms with Crippen molar-refractivity contribution < 1.29 is 4.79 Å². The Balaban J connectivity index is 2.52. The molecule has 0 spiro atoms. The van der Waals surface area contributed by atoms with E-state index in [2.05, 4.69) is 48.2 Å². The molecule has 0 aliphatic carbocycles. The van der Waals surface area contributed by atoms with E-state index in [1.807, 2.05) is 13.0 Å². The number of nitrogens with zero attached hydrogens (tertiary/aromatic N) is 2. The second-order valence-corrected chi connectivity index (χ2v) is 5.64. The van der Waals surface area contributed by atoms with E-state index in [1.54, 1.807) is 12.3 Å². The number of hydrogen-bond donors (Lipinski definition) is 2. The van der Waals surface area contributed by atoms with Gasteiger partial charge in [0, 0.05) is 43.6 Å². The van der Waals surface area contributed by atoms with Crippen LogP contribution in [0.1, 0.15) is 45.1 Å². The summed E-state index contributed by atoms with van der Waals surface area (Å²) < 4.78 is 0. The molecule has 118 valence electrons. The van der Waals surface area contributed by atoms with Gasteiger partial charge in [-0.15, -0.1) is 0 Å². The van der Waals surface area contributed by atoms with E-state index in [1.165, 1.54) is 0 Å². The molecular formula is C16H28N4O. The van der Waals surface area contributed by atoms with Gasteiger partial charge in [0.15, 0.2) is 0 Å². The third-order valence-electron chi connectivity index (χ3n) is 3.36. The van der Waals surface area contributed by atoms with Crippen LogP contribution in [0, 0.1) is 0 Å². The second kappa shape index (κ2) is 8.62. The number of nitrogens with one attached hydrogen (secondary N) is 2. The van der Waals surface area contributed by atoms with Crippen LogP contribution < -0.4 is 10.6 Å². The van der Waals surface area contributed by atoms with Crippen LogP contribution in [0.5, 0.6) is 0 Å². The molecule has 0 bridgehead atoms. The van der Waals surface area contributed by atoms with E-state index in [0.717, 1.165) is 18.8 Å². The summed E-state index contributed by atoms with van der Waals surface area (Å²) in [5, 5.41) is 6.12. The summed E-state index contributed by atoms with van der Waals surface area (Å²) >= 11 is 0. The average Bonchev–Trinajstić information content (AvgIpc) is 2.43. The maximum atomic E-state index is 12.1. The molecule has 0 atom stereocenters. The summed E-state index contributed by atoms with van der Waals surface area (Å²) in [7, 11) is 0. The minimum absolute atomic E-state index is 0.123. The van der Waals surface area contributed by atoms with Gasteiger partial charge in [-0.1, -0.05) is 0 Å². The molecule has 5 heteroatoms. The molecule has 2 N–H and O–H groups in total. The number of rotatable bonds is 8. The van der Waals surface area contributed by atoms with Gasteiger partial charge in [-0.3, -0.25) is 14.7 Å². The SMILES string of the molecule is CCNc1ccnc(C(=O)NCCN(C(C)C)C(C)C)c1. The molecular weight excluding hydrogens is 264 g/mol. The van der Waals surface area contributed by atoms with Crippen molar-refractivity contribution in [3.8, 4) is 0 Å². The lowest BCUT2D eigenvalue weighted by Gasteiger charge is -2.30. The number of carbonyl (C=O) groups is 1. The van der Waals surface area contributed by atoms with Gasteiger partial charge in [-0.05, 0) is 46.8 Å². The maximum Gasteiger partial charge on any atom is 0.269 e. The Morgan fingerprint density at radius 2 is 1.95 bits per heavy atom. The van der Waals surface area contributed by atoms with Gasteiger partial charge in [-0.2, -0.15) is 0 Å². The van der Waals surface area contributed by atoms with Gasteiger partial charge >= 0.3 is 0 Å². The molecule has 1 heterocycles. The highest BCUT2D eigenvalue weighted by Gasteiger charge is 2.14. The zero-order valence-electron chi connectivity index (χ0n) is 13.8. The summed E-state index contributed by atoms with van der Waals surface area (Å²) in [6, 6.07) is 4.58. The predicted molar refractivity (Wildman–Crippen MR) is 87.7 cm³/mol. The molecule has 0 radical (unpaired) electrons. The third kappa shape index (κ3) is 5.71. The van der Waals surface area contributed by atoms with Gasteiger partial charge in [0.1, 0.15) is 5.69 Å². The maximum absolute atomic E-state index is 12.1. The van der Waals surface area contributed by atoms with Crippen LogP contribution >= 0.6 is 0 Å². The average molecular weight is 292 g/mol. The van der Waals surface area contributed by atoms with Crippen molar-refractivity contribution in [2.45, 2.75) is 46.7 Å². The molecule has 1 aromatic rings. The van der Waals surface area contributed by atoms with Crippen LogP contribution in [0.3, 0.4) is 0 Å². The standard InChI is InChI=1S/C16H28N4O/c1-6-17-14-7-8-18-15(11-14)16(21)19-9-10-20(12(2)3)13(4)5/h7-8,11-13H,6,9-10H2,1-5H3,(H,17,18)(H,19,21). The van der Waals surface area contributed by atoms with Crippen molar-refractivity contribution in [1.82, 2.24) is 15.2 Å². The number of hydrogen-bond acceptors (Lipinski definition) is 4. The predicted octanol–water partition coefficient (Wildman–Crippen LogP) is 2.36. The van der Waals surface area contributed by atoms with Crippen LogP contribution in [0.2, 0.25) is 0 Å². The highest BCUT2D eigenvalue weighted by Crippen LogP contribution is 2.07. The third-order valence-corrected chi connectivity index (χ3v) is 3.36. The topological polar surface area (TPSA) is 57.3 Å². The van der Waals surface area contributed by atoms with Gasteiger partial charge in [-0.25, -0.2) is 0 Å². The Morgan fingerprint density at radius 1 is 1.29 bits per heavy atom. The van der Waals surface area contributed by atoms with Crippen molar-refractivity contribution in [1.29, 1.82) is 0 Å². The molecule has 1 aromatic heterocycles. The molecule has 1 amide bonds. The smallest absolute Gasteiger partial charge is 0.269 e. The first-order chi connectivity index (χ1) is 9.95. The highest BCUT2D eigenvalue weighted by molar-refractivity contribution is 5.93. The molecule has 0 unspecified atom stereocenters. The molecule has 0 aromatic carbocycles. The molecule has 0 saturated heterocycles. The zero-order chi connectivity index (χ0) is 15.8. The lowest BCUT2D eigenvalue weighted by molar-refractivity contribution is 0.0934. The lowest BCUT2D eigenvalue weighted by Crippen LogP contribution is -2.42. The van der Waals surface area contributed by atoms with Crippen LogP contribution in [-0.2, 0) is 0 Å². The van der Waals surface area contributed by atoms with E-state index in [-0.39, 0.29) is 5.91 Å². The van der Waals surface area contributed by atoms with Gasteiger partial charge in [0.25, 0.3) is 5.91 Å². The Hall–Kier alpha value is -1.62. The summed E-state index contributed by atoms with van der Waals surface area (Å²) in [5.74, 6) is -0.123. The highest BCUT2D eigenvalue weighted by atomic mass is 16.1. The number of carbonyl (C=O) groups excluding carboxylic acids is 1. The Morgan fingerprint density at radius 3 is 2.52 bits per heavy atom. The first kappa shape index (κ1) is 17.4. The molecule has 0 aliphatic rings. The summed E-state index contributed by atoms with van der Waals surface area (Å²) in [4.78, 5) is 18.6. The molecule has 5 nitrogen and oxygen atoms in total. The van der Waals surface area contributed by atoms with Crippen LogP contribution in [0.4, 0.5) is 5.69 Å². The molecule has 0 aliphatic heterocycles. The molecule has 21 heavy (non-hydrogen) atoms. The fourth-order valence-electron chi connectivity index (χ4n) is 2.37. The fraction of sp³-hybridized carbons (Fsp3) is 0.625. The van der Waals surface area contributed by atoms with Crippen molar-refractivity contribution in [2.24, 2.45) is 0 Å². The largest absolute Gasteiger partial charge is 0.385 e. The van der Waals surface area contributed by atoms with E-state index in [9.17, 15) is 4.79 Å². The number of pyridine rings is 1. The van der Waals surface area contributed by atoms with Crippen LogP contribution in [-0.4, -0.2) is 47.5 Å². The van der Waals surface area contributed by atoms with Crippen LogP contribution in [0.25, 0.3) is 0 Å².